The molecule has 0 fully saturated rings. The van der Waals surface area contributed by atoms with Gasteiger partial charge in [-0.1, -0.05) is 46.8 Å². The summed E-state index contributed by atoms with van der Waals surface area (Å²) in [6, 6.07) is 14.8. The molecule has 0 unspecified atom stereocenters. The molecule has 3 heterocycles. The topological polar surface area (TPSA) is 84.4 Å². The summed E-state index contributed by atoms with van der Waals surface area (Å²) in [5, 5.41) is 2.86. The van der Waals surface area contributed by atoms with Crippen molar-refractivity contribution in [1.29, 1.82) is 0 Å². The van der Waals surface area contributed by atoms with Gasteiger partial charge in [-0.2, -0.15) is 0 Å². The van der Waals surface area contributed by atoms with Crippen molar-refractivity contribution >= 4 is 39.2 Å². The van der Waals surface area contributed by atoms with Gasteiger partial charge < -0.3 is 15.0 Å². The number of nitrogens with zero attached hydrogens (tertiary/aromatic N) is 3. The normalized spacial score (nSPS) is 10.1. The van der Waals surface area contributed by atoms with Crippen molar-refractivity contribution in [1.82, 2.24) is 14.9 Å². The van der Waals surface area contributed by atoms with Crippen LogP contribution in [-0.2, 0) is 11.2 Å². The van der Waals surface area contributed by atoms with Gasteiger partial charge in [0.1, 0.15) is 17.3 Å². The molecule has 39 heavy (non-hydrogen) atoms. The number of amides is 2. The number of rotatable bonds is 8. The number of benzene rings is 1. The molecule has 8 heteroatoms. The molecule has 1 N–H and O–H groups in total. The third-order valence-electron chi connectivity index (χ3n) is 5.37. The molecule has 0 saturated heterocycles. The Kier molecular flexibility index (Phi) is 12.6. The van der Waals surface area contributed by atoms with Crippen LogP contribution in [0.3, 0.4) is 0 Å². The third kappa shape index (κ3) is 8.89. The lowest BCUT2D eigenvalue weighted by Gasteiger charge is -2.14. The second kappa shape index (κ2) is 15.6. The highest BCUT2D eigenvalue weighted by Gasteiger charge is 2.17. The number of hydrogen-bond donors (Lipinski definition) is 1. The quantitative estimate of drug-likeness (QED) is 0.240. The van der Waals surface area contributed by atoms with Gasteiger partial charge in [0, 0.05) is 33.0 Å². The zero-order valence-corrected chi connectivity index (χ0v) is 25.1. The van der Waals surface area contributed by atoms with E-state index in [2.05, 4.69) is 15.3 Å². The molecular weight excluding hydrogens is 508 g/mol. The van der Waals surface area contributed by atoms with Crippen molar-refractivity contribution in [2.45, 2.75) is 61.3 Å². The van der Waals surface area contributed by atoms with Crippen LogP contribution in [0, 0.1) is 13.8 Å². The molecule has 0 radical (unpaired) electrons. The van der Waals surface area contributed by atoms with Crippen LogP contribution in [0.25, 0.3) is 10.2 Å². The Bertz CT molecular complexity index is 1350. The van der Waals surface area contributed by atoms with Crippen molar-refractivity contribution < 1.29 is 15.8 Å². The molecule has 4 rings (SSSR count). The number of hydrogen-bond acceptors (Lipinski definition) is 6. The number of aromatic nitrogens is 2. The maximum Gasteiger partial charge on any atom is 0.263 e. The summed E-state index contributed by atoms with van der Waals surface area (Å²) >= 11 is 1.38. The molecule has 3 aromatic heterocycles. The number of carbonyl (C=O) groups is 2. The Morgan fingerprint density at radius 3 is 2.36 bits per heavy atom. The van der Waals surface area contributed by atoms with Gasteiger partial charge in [0.2, 0.25) is 5.91 Å². The van der Waals surface area contributed by atoms with Gasteiger partial charge in [0.25, 0.3) is 5.91 Å². The molecule has 7 nitrogen and oxygen atoms in total. The lowest BCUT2D eigenvalue weighted by atomic mass is 10.1. The zero-order chi connectivity index (χ0) is 28.9. The largest absolute Gasteiger partial charge is 0.456 e. The van der Waals surface area contributed by atoms with Crippen LogP contribution in [0.2, 0.25) is 0 Å². The summed E-state index contributed by atoms with van der Waals surface area (Å²) in [6.45, 7) is 14.6. The minimum atomic E-state index is -0.129. The van der Waals surface area contributed by atoms with E-state index >= 15 is 0 Å². The molecule has 0 aliphatic carbocycles. The molecule has 0 spiro atoms. The monoisotopic (exact) mass is 550 g/mol. The minimum Gasteiger partial charge on any atom is -0.456 e. The van der Waals surface area contributed by atoms with Crippen LogP contribution >= 0.6 is 11.3 Å². The standard InChI is InChI=1S/C27H28N4O3S.2C2H6.H2/c1-5-12-31(4)27(33)23-16-21-26(35-23)22(10-11-28-21)34-20-8-6-19(7-9-20)15-25(32)30-24-14-17(2)13-18(3)29-24;2*1-2;/h6-11,13-14,16H,5,12,15H2,1-4H3,(H,29,30,32);2*1-2H3;1H. The summed E-state index contributed by atoms with van der Waals surface area (Å²) in [4.78, 5) is 36.2. The van der Waals surface area contributed by atoms with Gasteiger partial charge >= 0.3 is 0 Å². The number of nitrogens with one attached hydrogen (secondary N) is 1. The van der Waals surface area contributed by atoms with Crippen LogP contribution in [0.1, 0.15) is 69.0 Å². The van der Waals surface area contributed by atoms with E-state index < -0.39 is 0 Å². The van der Waals surface area contributed by atoms with Crippen LogP contribution in [0.5, 0.6) is 11.5 Å². The maximum atomic E-state index is 12.7. The Labute approximate surface area is 237 Å². The van der Waals surface area contributed by atoms with Gasteiger partial charge in [0.05, 0.1) is 21.5 Å². The first-order valence-corrected chi connectivity index (χ1v) is 14.3. The van der Waals surface area contributed by atoms with Gasteiger partial charge in [0.15, 0.2) is 0 Å². The lowest BCUT2D eigenvalue weighted by molar-refractivity contribution is -0.115. The first-order chi connectivity index (χ1) is 18.8. The van der Waals surface area contributed by atoms with E-state index in [0.717, 1.165) is 33.5 Å². The molecule has 0 aliphatic rings. The molecule has 0 atom stereocenters. The number of ether oxygens (including phenoxy) is 1. The van der Waals surface area contributed by atoms with Gasteiger partial charge in [-0.05, 0) is 61.7 Å². The SMILES string of the molecule is CC.CC.CCCN(C)C(=O)c1cc2nccc(Oc3ccc(CC(=O)Nc4cc(C)cc(C)n4)cc3)c2s1.[HH]. The van der Waals surface area contributed by atoms with E-state index in [1.54, 1.807) is 24.2 Å². The minimum absolute atomic E-state index is 0. The number of carbonyl (C=O) groups excluding carboxylic acids is 2. The number of thiophene rings is 1. The van der Waals surface area contributed by atoms with E-state index in [1.165, 1.54) is 11.3 Å². The number of pyridine rings is 2. The van der Waals surface area contributed by atoms with Crippen molar-refractivity contribution in [2.24, 2.45) is 0 Å². The predicted octanol–water partition coefficient (Wildman–Crippen LogP) is 8.06. The average molecular weight is 551 g/mol. The molecule has 4 aromatic rings. The summed E-state index contributed by atoms with van der Waals surface area (Å²) in [6.07, 6.45) is 2.81. The molecule has 210 valence electrons. The molecule has 0 bridgehead atoms. The van der Waals surface area contributed by atoms with E-state index in [-0.39, 0.29) is 19.7 Å². The van der Waals surface area contributed by atoms with Gasteiger partial charge in [-0.3, -0.25) is 14.6 Å². The summed E-state index contributed by atoms with van der Waals surface area (Å²) in [7, 11) is 1.81. The van der Waals surface area contributed by atoms with Gasteiger partial charge in [-0.25, -0.2) is 4.98 Å². The van der Waals surface area contributed by atoms with Gasteiger partial charge in [-0.15, -0.1) is 11.3 Å². The fourth-order valence-corrected chi connectivity index (χ4v) is 4.87. The van der Waals surface area contributed by atoms with Crippen molar-refractivity contribution in [3.05, 3.63) is 76.4 Å². The van der Waals surface area contributed by atoms with E-state index in [9.17, 15) is 9.59 Å². The summed E-state index contributed by atoms with van der Waals surface area (Å²) in [5.74, 6) is 1.70. The first kappa shape index (κ1) is 31.4. The third-order valence-corrected chi connectivity index (χ3v) is 6.50. The lowest BCUT2D eigenvalue weighted by Crippen LogP contribution is -2.26. The van der Waals surface area contributed by atoms with Crippen molar-refractivity contribution in [3.63, 3.8) is 0 Å². The first-order valence-electron chi connectivity index (χ1n) is 13.5. The Morgan fingerprint density at radius 1 is 1.03 bits per heavy atom. The second-order valence-electron chi connectivity index (χ2n) is 8.50. The highest BCUT2D eigenvalue weighted by Crippen LogP contribution is 2.35. The second-order valence-corrected chi connectivity index (χ2v) is 9.56. The van der Waals surface area contributed by atoms with Crippen LogP contribution < -0.4 is 10.1 Å². The predicted molar refractivity (Wildman–Crippen MR) is 164 cm³/mol. The zero-order valence-electron chi connectivity index (χ0n) is 24.3. The number of aryl methyl sites for hydroxylation is 2. The number of anilines is 1. The highest BCUT2D eigenvalue weighted by atomic mass is 32.1. The fraction of sp³-hybridized carbons (Fsp3) is 0.355. The molecule has 1 aromatic carbocycles. The van der Waals surface area contributed by atoms with E-state index in [4.69, 9.17) is 4.74 Å². The van der Waals surface area contributed by atoms with Crippen molar-refractivity contribution in [3.8, 4) is 11.5 Å². The molecule has 2 amide bonds. The number of fused-ring (bicyclic) bond motifs is 1. The Hall–Kier alpha value is -3.78. The molecular formula is C31H42N4O3S. The van der Waals surface area contributed by atoms with Crippen LogP contribution in [-0.4, -0.2) is 40.3 Å². The summed E-state index contributed by atoms with van der Waals surface area (Å²) in [5.41, 5.74) is 3.51. The maximum absolute atomic E-state index is 12.7. The fourth-order valence-electron chi connectivity index (χ4n) is 3.81. The molecule has 0 aliphatic heterocycles. The highest BCUT2D eigenvalue weighted by molar-refractivity contribution is 7.21. The Morgan fingerprint density at radius 2 is 1.72 bits per heavy atom. The Balaban J connectivity index is 0.00000153. The average Bonchev–Trinajstić information content (AvgIpc) is 3.36. The van der Waals surface area contributed by atoms with Crippen LogP contribution in [0.15, 0.2) is 54.7 Å². The van der Waals surface area contributed by atoms with Crippen molar-refractivity contribution in [2.75, 3.05) is 18.9 Å². The molecule has 0 saturated carbocycles. The van der Waals surface area contributed by atoms with E-state index in [1.807, 2.05) is 90.9 Å². The summed E-state index contributed by atoms with van der Waals surface area (Å²) < 4.78 is 6.93. The smallest absolute Gasteiger partial charge is 0.263 e. The van der Waals surface area contributed by atoms with E-state index in [0.29, 0.717) is 28.7 Å². The van der Waals surface area contributed by atoms with Crippen LogP contribution in [0.4, 0.5) is 5.82 Å².